The quantitative estimate of drug-likeness (QED) is 0.471. The summed E-state index contributed by atoms with van der Waals surface area (Å²) in [5.41, 5.74) is 2.31. The number of nitrogens with one attached hydrogen (secondary N) is 1. The monoisotopic (exact) mass is 364 g/mol. The highest BCUT2D eigenvalue weighted by molar-refractivity contribution is 6.06. The first kappa shape index (κ1) is 18.6. The summed E-state index contributed by atoms with van der Waals surface area (Å²) in [6.07, 6.45) is 6.48. The van der Waals surface area contributed by atoms with Crippen LogP contribution >= 0.6 is 0 Å². The van der Waals surface area contributed by atoms with E-state index in [1.54, 1.807) is 6.20 Å². The van der Waals surface area contributed by atoms with Gasteiger partial charge in [0.25, 0.3) is 5.91 Å². The molecule has 0 bridgehead atoms. The summed E-state index contributed by atoms with van der Waals surface area (Å²) < 4.78 is 13.5. The zero-order valence-electron chi connectivity index (χ0n) is 15.4. The topological polar surface area (TPSA) is 67.2 Å². The smallest absolute Gasteiger partial charge is 0.258 e. The summed E-state index contributed by atoms with van der Waals surface area (Å²) >= 11 is 0. The Morgan fingerprint density at radius 1 is 1.22 bits per heavy atom. The van der Waals surface area contributed by atoms with Gasteiger partial charge in [0.05, 0.1) is 23.7 Å². The average Bonchev–Trinajstić information content (AvgIpc) is 3.48. The van der Waals surface area contributed by atoms with E-state index in [2.05, 4.69) is 39.1 Å². The van der Waals surface area contributed by atoms with Crippen molar-refractivity contribution in [2.45, 2.75) is 32.1 Å². The van der Waals surface area contributed by atoms with Crippen LogP contribution < -0.4 is 5.32 Å². The molecule has 1 aromatic carbocycles. The normalized spacial score (nSPS) is 16.3. The van der Waals surface area contributed by atoms with E-state index in [0.29, 0.717) is 5.82 Å². The highest BCUT2D eigenvalue weighted by atomic mass is 19.1. The molecular weight excluding hydrogens is 343 g/mol. The number of anilines is 1. The van der Waals surface area contributed by atoms with Crippen LogP contribution in [0.15, 0.2) is 70.9 Å². The van der Waals surface area contributed by atoms with Gasteiger partial charge in [-0.15, -0.1) is 0 Å². The Hall–Kier alpha value is -3.15. The lowest BCUT2D eigenvalue weighted by Crippen LogP contribution is -2.18. The zero-order chi connectivity index (χ0) is 19.4. The summed E-state index contributed by atoms with van der Waals surface area (Å²) in [6, 6.07) is 10.2. The number of carbonyl (C=O) groups excluding carboxylic acids is 1. The van der Waals surface area contributed by atoms with Crippen LogP contribution in [0.2, 0.25) is 0 Å². The van der Waals surface area contributed by atoms with Crippen LogP contribution in [0.3, 0.4) is 0 Å². The van der Waals surface area contributed by atoms with E-state index >= 15 is 0 Å². The maximum atomic E-state index is 13.5. The van der Waals surface area contributed by atoms with Crippen LogP contribution in [0.1, 0.15) is 37.9 Å². The van der Waals surface area contributed by atoms with E-state index in [1.807, 2.05) is 18.2 Å². The molecule has 0 radical (unpaired) electrons. The molecule has 0 spiro atoms. The van der Waals surface area contributed by atoms with Gasteiger partial charge < -0.3 is 5.32 Å². The maximum absolute atomic E-state index is 13.5. The molecule has 1 heterocycles. The second-order valence-electron chi connectivity index (χ2n) is 6.57. The number of amides is 1. The molecule has 1 fully saturated rings. The number of aromatic nitrogens is 2. The molecule has 1 aromatic heterocycles. The number of benzene rings is 1. The molecule has 138 valence electrons. The number of aliphatic imine (C=N–C) groups is 1. The summed E-state index contributed by atoms with van der Waals surface area (Å²) in [6.45, 7) is 6.12. The maximum Gasteiger partial charge on any atom is 0.258 e. The minimum atomic E-state index is -0.511. The molecule has 0 aliphatic heterocycles. The van der Waals surface area contributed by atoms with Crippen molar-refractivity contribution in [2.75, 3.05) is 5.32 Å². The minimum absolute atomic E-state index is 0.0840. The molecule has 3 rings (SSSR count). The summed E-state index contributed by atoms with van der Waals surface area (Å²) in [5, 5.41) is 2.63. The Morgan fingerprint density at radius 3 is 2.44 bits per heavy atom. The molecule has 6 heteroatoms. The van der Waals surface area contributed by atoms with Crippen molar-refractivity contribution in [3.8, 4) is 0 Å². The molecule has 1 aliphatic rings. The highest BCUT2D eigenvalue weighted by Crippen LogP contribution is 2.52. The van der Waals surface area contributed by atoms with Crippen molar-refractivity contribution in [3.05, 3.63) is 77.2 Å². The molecular formula is C21H21FN4O. The molecule has 0 unspecified atom stereocenters. The molecule has 0 saturated heterocycles. The lowest BCUT2D eigenvalue weighted by molar-refractivity contribution is -0.112. The summed E-state index contributed by atoms with van der Waals surface area (Å²) in [5.74, 6) is -0.671. The largest absolute Gasteiger partial charge is 0.305 e. The lowest BCUT2D eigenvalue weighted by atomic mass is 9.93. The number of rotatable bonds is 6. The fourth-order valence-electron chi connectivity index (χ4n) is 3.00. The molecule has 5 nitrogen and oxygen atoms in total. The Labute approximate surface area is 157 Å². The Balaban J connectivity index is 1.79. The van der Waals surface area contributed by atoms with Gasteiger partial charge in [-0.1, -0.05) is 30.3 Å². The Kier molecular flexibility index (Phi) is 5.26. The number of carbonyl (C=O) groups is 1. The Bertz CT molecular complexity index is 909. The number of hydrogen-bond donors (Lipinski definition) is 1. The first-order chi connectivity index (χ1) is 13.0. The highest BCUT2D eigenvalue weighted by Gasteiger charge is 2.47. The number of allylic oxidation sites excluding steroid dienone is 1. The molecule has 1 saturated carbocycles. The van der Waals surface area contributed by atoms with Crippen LogP contribution in [-0.2, 0) is 10.2 Å². The molecule has 0 atom stereocenters. The van der Waals surface area contributed by atoms with E-state index in [9.17, 15) is 9.18 Å². The van der Waals surface area contributed by atoms with Gasteiger partial charge in [-0.05, 0) is 44.5 Å². The molecule has 1 amide bonds. The van der Waals surface area contributed by atoms with Crippen LogP contribution in [-0.4, -0.2) is 22.6 Å². The second-order valence-corrected chi connectivity index (χ2v) is 6.57. The third-order valence-electron chi connectivity index (χ3n) is 4.85. The molecule has 1 aliphatic carbocycles. The van der Waals surface area contributed by atoms with E-state index in [-0.39, 0.29) is 16.6 Å². The van der Waals surface area contributed by atoms with Gasteiger partial charge >= 0.3 is 0 Å². The van der Waals surface area contributed by atoms with Crippen molar-refractivity contribution in [1.29, 1.82) is 0 Å². The fourth-order valence-corrected chi connectivity index (χ4v) is 3.00. The summed E-state index contributed by atoms with van der Waals surface area (Å²) in [4.78, 5) is 24.8. The van der Waals surface area contributed by atoms with Crippen LogP contribution in [0.4, 0.5) is 10.2 Å². The van der Waals surface area contributed by atoms with Gasteiger partial charge in [0.1, 0.15) is 5.83 Å². The molecule has 27 heavy (non-hydrogen) atoms. The SMILES string of the molecule is C=N/C=C(C(=O)Nc1cnc(C2(c3ccccc3)CC2)cn1)\C(C)=C(/C)F. The van der Waals surface area contributed by atoms with Gasteiger partial charge in [0.15, 0.2) is 5.82 Å². The third kappa shape index (κ3) is 3.84. The minimum Gasteiger partial charge on any atom is -0.305 e. The fraction of sp³-hybridized carbons (Fsp3) is 0.238. The lowest BCUT2D eigenvalue weighted by Gasteiger charge is -2.15. The van der Waals surface area contributed by atoms with Crippen molar-refractivity contribution < 1.29 is 9.18 Å². The van der Waals surface area contributed by atoms with E-state index in [4.69, 9.17) is 0 Å². The third-order valence-corrected chi connectivity index (χ3v) is 4.85. The Morgan fingerprint density at radius 2 is 1.93 bits per heavy atom. The first-order valence-electron chi connectivity index (χ1n) is 8.66. The zero-order valence-corrected chi connectivity index (χ0v) is 15.4. The van der Waals surface area contributed by atoms with E-state index in [1.165, 1.54) is 31.8 Å². The first-order valence-corrected chi connectivity index (χ1v) is 8.66. The predicted molar refractivity (Wildman–Crippen MR) is 104 cm³/mol. The van der Waals surface area contributed by atoms with Crippen molar-refractivity contribution in [1.82, 2.24) is 9.97 Å². The van der Waals surface area contributed by atoms with Gasteiger partial charge in [-0.3, -0.25) is 14.8 Å². The van der Waals surface area contributed by atoms with Crippen molar-refractivity contribution in [2.24, 2.45) is 4.99 Å². The second kappa shape index (κ2) is 7.61. The number of nitrogens with zero attached hydrogens (tertiary/aromatic N) is 3. The van der Waals surface area contributed by atoms with Crippen LogP contribution in [0, 0.1) is 0 Å². The van der Waals surface area contributed by atoms with Crippen molar-refractivity contribution >= 4 is 18.4 Å². The van der Waals surface area contributed by atoms with Gasteiger partial charge in [0.2, 0.25) is 0 Å². The van der Waals surface area contributed by atoms with Gasteiger partial charge in [0, 0.05) is 11.6 Å². The standard InChI is InChI=1S/C21H21FN4O/c1-14(15(2)22)17(11-23-3)20(27)26-19-13-24-18(12-25-19)21(9-10-21)16-7-5-4-6-8-16/h4-8,11-13H,3,9-10H2,1-2H3,(H,25,26,27)/b15-14+,17-11+. The predicted octanol–water partition coefficient (Wildman–Crippen LogP) is 4.34. The van der Waals surface area contributed by atoms with Crippen molar-refractivity contribution in [3.63, 3.8) is 0 Å². The molecule has 1 N–H and O–H groups in total. The number of hydrogen-bond acceptors (Lipinski definition) is 4. The number of halogens is 1. The molecule has 2 aromatic rings. The van der Waals surface area contributed by atoms with Gasteiger partial charge in [-0.25, -0.2) is 9.37 Å². The van der Waals surface area contributed by atoms with Crippen LogP contribution in [0.25, 0.3) is 0 Å². The van der Waals surface area contributed by atoms with E-state index in [0.717, 1.165) is 18.5 Å². The average molecular weight is 364 g/mol. The van der Waals surface area contributed by atoms with Gasteiger partial charge in [-0.2, -0.15) is 0 Å². The van der Waals surface area contributed by atoms with Crippen LogP contribution in [0.5, 0.6) is 0 Å². The van der Waals surface area contributed by atoms with E-state index < -0.39 is 11.7 Å². The summed E-state index contributed by atoms with van der Waals surface area (Å²) in [7, 11) is 0.